The Bertz CT molecular complexity index is 1290. The summed E-state index contributed by atoms with van der Waals surface area (Å²) in [4.78, 5) is 31.7. The first-order chi connectivity index (χ1) is 15.8. The van der Waals surface area contributed by atoms with Gasteiger partial charge in [0.2, 0.25) is 5.91 Å². The van der Waals surface area contributed by atoms with Crippen LogP contribution >= 0.6 is 11.6 Å². The van der Waals surface area contributed by atoms with E-state index >= 15 is 0 Å². The fourth-order valence-electron chi connectivity index (χ4n) is 4.85. The van der Waals surface area contributed by atoms with Crippen molar-refractivity contribution in [1.82, 2.24) is 14.5 Å². The van der Waals surface area contributed by atoms with E-state index in [1.54, 1.807) is 17.0 Å². The van der Waals surface area contributed by atoms with Crippen LogP contribution in [0.15, 0.2) is 36.5 Å². The molecule has 0 radical (unpaired) electrons. The lowest BCUT2D eigenvalue weighted by molar-refractivity contribution is -0.127. The predicted molar refractivity (Wildman–Crippen MR) is 132 cm³/mol. The number of hydrogen-bond acceptors (Lipinski definition) is 3. The summed E-state index contributed by atoms with van der Waals surface area (Å²) in [5.41, 5.74) is 7.32. The second kappa shape index (κ2) is 8.38. The molecule has 0 aliphatic carbocycles. The molecule has 1 aliphatic rings. The summed E-state index contributed by atoms with van der Waals surface area (Å²) in [5, 5.41) is 0.887. The van der Waals surface area contributed by atoms with Gasteiger partial charge in [-0.2, -0.15) is 0 Å². The number of hydrogen-bond donors (Lipinski definition) is 1. The molecular formula is C26H30ClFN4O2. The molecule has 8 heteroatoms. The maximum Gasteiger partial charge on any atom is 0.272 e. The van der Waals surface area contributed by atoms with E-state index in [1.165, 1.54) is 12.1 Å². The number of rotatable bonds is 3. The van der Waals surface area contributed by atoms with Gasteiger partial charge >= 0.3 is 0 Å². The highest BCUT2D eigenvalue weighted by Crippen LogP contribution is 2.37. The molecule has 6 nitrogen and oxygen atoms in total. The van der Waals surface area contributed by atoms with Crippen LogP contribution in [0.1, 0.15) is 51.5 Å². The molecule has 1 aromatic carbocycles. The topological polar surface area (TPSA) is 81.2 Å². The van der Waals surface area contributed by atoms with Gasteiger partial charge in [0.25, 0.3) is 5.91 Å². The fourth-order valence-corrected chi connectivity index (χ4v) is 4.96. The van der Waals surface area contributed by atoms with E-state index in [0.29, 0.717) is 36.4 Å². The quantitative estimate of drug-likeness (QED) is 0.553. The van der Waals surface area contributed by atoms with Crippen LogP contribution in [0.25, 0.3) is 22.2 Å². The third kappa shape index (κ3) is 4.29. The maximum absolute atomic E-state index is 14.2. The average molecular weight is 485 g/mol. The second-order valence-corrected chi connectivity index (χ2v) is 11.1. The zero-order valence-corrected chi connectivity index (χ0v) is 20.9. The smallest absolute Gasteiger partial charge is 0.272 e. The van der Waals surface area contributed by atoms with Gasteiger partial charge in [-0.25, -0.2) is 9.37 Å². The largest absolute Gasteiger partial charge is 0.369 e. The van der Waals surface area contributed by atoms with Gasteiger partial charge in [-0.3, -0.25) is 9.59 Å². The molecule has 180 valence electrons. The Morgan fingerprint density at radius 3 is 2.50 bits per heavy atom. The molecule has 34 heavy (non-hydrogen) atoms. The van der Waals surface area contributed by atoms with E-state index < -0.39 is 11.2 Å². The van der Waals surface area contributed by atoms with Gasteiger partial charge in [-0.05, 0) is 62.4 Å². The number of likely N-dealkylation sites (tertiary alicyclic amines) is 1. The summed E-state index contributed by atoms with van der Waals surface area (Å²) >= 11 is 5.88. The number of aromatic nitrogens is 2. The van der Waals surface area contributed by atoms with Crippen LogP contribution in [0.4, 0.5) is 4.39 Å². The number of carbonyl (C=O) groups is 2. The molecular weight excluding hydrogens is 455 g/mol. The standard InChI is InChI=1S/C26H30ClFN4O2/c1-25(2,3)32-13-17(15-6-8-19(27)20(28)12-15)16-7-9-21(30-23(16)32)24(34)31-11-10-18(22(29)33)26(4,5)14-31/h6-9,12-13,18H,10-11,14H2,1-5H3,(H2,29,33). The number of nitrogens with zero attached hydrogens (tertiary/aromatic N) is 3. The van der Waals surface area contributed by atoms with Crippen molar-refractivity contribution >= 4 is 34.4 Å². The van der Waals surface area contributed by atoms with Crippen LogP contribution in [0.2, 0.25) is 5.02 Å². The third-order valence-corrected chi connectivity index (χ3v) is 6.99. The second-order valence-electron chi connectivity index (χ2n) is 10.7. The van der Waals surface area contributed by atoms with Crippen LogP contribution in [0, 0.1) is 17.2 Å². The number of nitrogens with two attached hydrogens (primary N) is 1. The van der Waals surface area contributed by atoms with Crippen molar-refractivity contribution in [2.24, 2.45) is 17.1 Å². The van der Waals surface area contributed by atoms with Crippen LogP contribution in [0.3, 0.4) is 0 Å². The normalized spacial score (nSPS) is 18.3. The minimum Gasteiger partial charge on any atom is -0.369 e. The summed E-state index contributed by atoms with van der Waals surface area (Å²) in [7, 11) is 0. The number of primary amides is 1. The van der Waals surface area contributed by atoms with Gasteiger partial charge in [0.1, 0.15) is 17.2 Å². The first-order valence-electron chi connectivity index (χ1n) is 11.4. The lowest BCUT2D eigenvalue weighted by Crippen LogP contribution is -2.51. The number of amides is 2. The molecule has 1 aliphatic heterocycles. The molecule has 1 fully saturated rings. The molecule has 2 amide bonds. The molecule has 1 atom stereocenters. The molecule has 0 saturated carbocycles. The highest BCUT2D eigenvalue weighted by Gasteiger charge is 2.41. The molecule has 1 unspecified atom stereocenters. The van der Waals surface area contributed by atoms with Crippen molar-refractivity contribution < 1.29 is 14.0 Å². The number of benzene rings is 1. The van der Waals surface area contributed by atoms with Crippen LogP contribution in [-0.4, -0.2) is 39.4 Å². The van der Waals surface area contributed by atoms with Crippen molar-refractivity contribution in [3.8, 4) is 11.1 Å². The first-order valence-corrected chi connectivity index (χ1v) is 11.7. The van der Waals surface area contributed by atoms with Gasteiger partial charge in [-0.1, -0.05) is 31.5 Å². The summed E-state index contributed by atoms with van der Waals surface area (Å²) in [6.07, 6.45) is 2.47. The van der Waals surface area contributed by atoms with Crippen molar-refractivity contribution in [2.45, 2.75) is 46.6 Å². The number of carbonyl (C=O) groups excluding carboxylic acids is 2. The highest BCUT2D eigenvalue weighted by atomic mass is 35.5. The minimum atomic E-state index is -0.488. The Morgan fingerprint density at radius 2 is 1.91 bits per heavy atom. The molecule has 2 N–H and O–H groups in total. The third-order valence-electron chi connectivity index (χ3n) is 6.68. The number of fused-ring (bicyclic) bond motifs is 1. The molecule has 1 saturated heterocycles. The monoisotopic (exact) mass is 484 g/mol. The van der Waals surface area contributed by atoms with Crippen molar-refractivity contribution in [3.05, 3.63) is 53.1 Å². The summed E-state index contributed by atoms with van der Waals surface area (Å²) in [5.74, 6) is -1.27. The zero-order valence-electron chi connectivity index (χ0n) is 20.2. The summed E-state index contributed by atoms with van der Waals surface area (Å²) < 4.78 is 16.2. The fraction of sp³-hybridized carbons (Fsp3) is 0.423. The van der Waals surface area contributed by atoms with E-state index in [1.807, 2.05) is 51.4 Å². The van der Waals surface area contributed by atoms with E-state index in [9.17, 15) is 14.0 Å². The zero-order chi connectivity index (χ0) is 25.0. The van der Waals surface area contributed by atoms with Gasteiger partial charge < -0.3 is 15.2 Å². The number of piperidine rings is 1. The van der Waals surface area contributed by atoms with Gasteiger partial charge in [0.15, 0.2) is 0 Å². The van der Waals surface area contributed by atoms with Crippen molar-refractivity contribution in [1.29, 1.82) is 0 Å². The minimum absolute atomic E-state index is 0.0670. The number of pyridine rings is 1. The molecule has 3 aromatic rings. The van der Waals surface area contributed by atoms with E-state index in [-0.39, 0.29) is 28.3 Å². The summed E-state index contributed by atoms with van der Waals surface area (Å²) in [6, 6.07) is 8.29. The molecule has 2 aromatic heterocycles. The van der Waals surface area contributed by atoms with Crippen molar-refractivity contribution in [2.75, 3.05) is 13.1 Å². The first kappa shape index (κ1) is 24.2. The molecule has 3 heterocycles. The van der Waals surface area contributed by atoms with Gasteiger partial charge in [-0.15, -0.1) is 0 Å². The Labute approximate surface area is 203 Å². The van der Waals surface area contributed by atoms with Gasteiger partial charge in [0, 0.05) is 41.7 Å². The molecule has 4 rings (SSSR count). The SMILES string of the molecule is CC1(C)CN(C(=O)c2ccc3c(-c4ccc(Cl)c(F)c4)cn(C(C)(C)C)c3n2)CCC1C(N)=O. The van der Waals surface area contributed by atoms with Crippen LogP contribution in [-0.2, 0) is 10.3 Å². The van der Waals surface area contributed by atoms with Gasteiger partial charge in [0.05, 0.1) is 5.02 Å². The van der Waals surface area contributed by atoms with E-state index in [4.69, 9.17) is 22.3 Å². The van der Waals surface area contributed by atoms with E-state index in [2.05, 4.69) is 0 Å². The van der Waals surface area contributed by atoms with Crippen molar-refractivity contribution in [3.63, 3.8) is 0 Å². The Balaban J connectivity index is 1.76. The Kier molecular flexibility index (Phi) is 5.96. The maximum atomic E-state index is 14.2. The van der Waals surface area contributed by atoms with Crippen LogP contribution < -0.4 is 5.73 Å². The molecule has 0 bridgehead atoms. The Hall–Kier alpha value is -2.93. The average Bonchev–Trinajstić information content (AvgIpc) is 3.13. The predicted octanol–water partition coefficient (Wildman–Crippen LogP) is 5.22. The Morgan fingerprint density at radius 1 is 1.21 bits per heavy atom. The highest BCUT2D eigenvalue weighted by molar-refractivity contribution is 6.30. The van der Waals surface area contributed by atoms with Crippen LogP contribution in [0.5, 0.6) is 0 Å². The van der Waals surface area contributed by atoms with E-state index in [0.717, 1.165) is 10.9 Å². The number of halogens is 2. The molecule has 0 spiro atoms. The lowest BCUT2D eigenvalue weighted by atomic mass is 9.73. The summed E-state index contributed by atoms with van der Waals surface area (Å²) in [6.45, 7) is 10.9. The lowest BCUT2D eigenvalue weighted by Gasteiger charge is -2.42.